The highest BCUT2D eigenvalue weighted by Gasteiger charge is 2.20. The van der Waals surface area contributed by atoms with Gasteiger partial charge in [-0.25, -0.2) is 4.79 Å². The Morgan fingerprint density at radius 1 is 1.47 bits per heavy atom. The summed E-state index contributed by atoms with van der Waals surface area (Å²) in [6.45, 7) is 1.55. The van der Waals surface area contributed by atoms with Gasteiger partial charge in [-0.1, -0.05) is 11.6 Å². The largest absolute Gasteiger partial charge is 0.493 e. The van der Waals surface area contributed by atoms with Gasteiger partial charge in [-0.05, 0) is 24.6 Å². The minimum absolute atomic E-state index is 0.260. The smallest absolute Gasteiger partial charge is 0.346 e. The van der Waals surface area contributed by atoms with Gasteiger partial charge in [-0.3, -0.25) is 0 Å². The number of halogens is 1. The Bertz CT molecular complexity index is 491. The molecule has 0 bridgehead atoms. The van der Waals surface area contributed by atoms with E-state index >= 15 is 0 Å². The molecule has 7 heteroatoms. The molecule has 19 heavy (non-hydrogen) atoms. The number of esters is 1. The number of nitrogens with zero attached hydrogens (tertiary/aromatic N) is 1. The van der Waals surface area contributed by atoms with Crippen molar-refractivity contribution < 1.29 is 19.0 Å². The molecule has 1 aromatic rings. The highest BCUT2D eigenvalue weighted by atomic mass is 35.5. The molecule has 0 saturated heterocycles. The standard InChI is InChI=1S/C12H15ClN2O4/c1-7(12(16)18-3)19-11-9(13)4-8(6-15-14)5-10(11)17-2/h4-7H,14H2,1-3H3. The Labute approximate surface area is 116 Å². The Balaban J connectivity index is 3.09. The number of hydrogen-bond acceptors (Lipinski definition) is 6. The molecule has 0 aromatic heterocycles. The van der Waals surface area contributed by atoms with Crippen LogP contribution in [0.15, 0.2) is 17.2 Å². The van der Waals surface area contributed by atoms with Crippen LogP contribution in [0.2, 0.25) is 5.02 Å². The minimum atomic E-state index is -0.801. The van der Waals surface area contributed by atoms with Crippen molar-refractivity contribution in [1.29, 1.82) is 0 Å². The first-order valence-electron chi connectivity index (χ1n) is 5.38. The molecule has 0 spiro atoms. The minimum Gasteiger partial charge on any atom is -0.493 e. The van der Waals surface area contributed by atoms with E-state index < -0.39 is 12.1 Å². The number of rotatable bonds is 5. The van der Waals surface area contributed by atoms with E-state index in [9.17, 15) is 4.79 Å². The lowest BCUT2D eigenvalue weighted by Crippen LogP contribution is -2.25. The molecule has 0 aliphatic heterocycles. The fourth-order valence-electron chi connectivity index (χ4n) is 1.41. The molecule has 1 rings (SSSR count). The molecule has 0 heterocycles. The van der Waals surface area contributed by atoms with Gasteiger partial charge in [0.2, 0.25) is 0 Å². The lowest BCUT2D eigenvalue weighted by Gasteiger charge is -2.16. The highest BCUT2D eigenvalue weighted by Crippen LogP contribution is 2.36. The van der Waals surface area contributed by atoms with E-state index in [1.807, 2.05) is 0 Å². The second-order valence-electron chi connectivity index (χ2n) is 3.60. The van der Waals surface area contributed by atoms with Gasteiger partial charge in [-0.2, -0.15) is 5.10 Å². The number of nitrogens with two attached hydrogens (primary N) is 1. The van der Waals surface area contributed by atoms with Crippen LogP contribution in [0.3, 0.4) is 0 Å². The summed E-state index contributed by atoms with van der Waals surface area (Å²) in [4.78, 5) is 11.3. The summed E-state index contributed by atoms with van der Waals surface area (Å²) >= 11 is 6.08. The normalized spacial score (nSPS) is 12.2. The predicted octanol–water partition coefficient (Wildman–Crippen LogP) is 1.58. The van der Waals surface area contributed by atoms with Crippen molar-refractivity contribution in [1.82, 2.24) is 0 Å². The van der Waals surface area contributed by atoms with Crippen molar-refractivity contribution in [2.75, 3.05) is 14.2 Å². The van der Waals surface area contributed by atoms with Crippen LogP contribution in [-0.2, 0) is 9.53 Å². The van der Waals surface area contributed by atoms with Crippen LogP contribution in [0.1, 0.15) is 12.5 Å². The number of hydrogen-bond donors (Lipinski definition) is 1. The van der Waals surface area contributed by atoms with Crippen LogP contribution < -0.4 is 15.3 Å². The van der Waals surface area contributed by atoms with Gasteiger partial charge in [0.15, 0.2) is 17.6 Å². The molecule has 104 valence electrons. The molecule has 0 radical (unpaired) electrons. The zero-order valence-corrected chi connectivity index (χ0v) is 11.6. The van der Waals surface area contributed by atoms with E-state index in [0.29, 0.717) is 11.3 Å². The van der Waals surface area contributed by atoms with Gasteiger partial charge in [0.25, 0.3) is 0 Å². The average Bonchev–Trinajstić information content (AvgIpc) is 2.40. The molecule has 1 aromatic carbocycles. The van der Waals surface area contributed by atoms with Crippen LogP contribution in [0.5, 0.6) is 11.5 Å². The fourth-order valence-corrected chi connectivity index (χ4v) is 1.67. The molecule has 0 fully saturated rings. The molecule has 0 amide bonds. The molecule has 0 aliphatic rings. The highest BCUT2D eigenvalue weighted by molar-refractivity contribution is 6.32. The van der Waals surface area contributed by atoms with Crippen molar-refractivity contribution >= 4 is 23.8 Å². The third kappa shape index (κ3) is 3.75. The van der Waals surface area contributed by atoms with Gasteiger partial charge < -0.3 is 20.1 Å². The Hall–Kier alpha value is -1.95. The van der Waals surface area contributed by atoms with Crippen LogP contribution >= 0.6 is 11.6 Å². The number of ether oxygens (including phenoxy) is 3. The van der Waals surface area contributed by atoms with Crippen LogP contribution in [0.4, 0.5) is 0 Å². The van der Waals surface area contributed by atoms with E-state index in [4.69, 9.17) is 26.9 Å². The summed E-state index contributed by atoms with van der Waals surface area (Å²) in [5.74, 6) is 5.20. The summed E-state index contributed by atoms with van der Waals surface area (Å²) in [6.07, 6.45) is 0.618. The van der Waals surface area contributed by atoms with E-state index in [1.165, 1.54) is 20.4 Å². The molecule has 0 saturated carbocycles. The maximum absolute atomic E-state index is 11.3. The number of methoxy groups -OCH3 is 2. The molecular weight excluding hydrogens is 272 g/mol. The third-order valence-electron chi connectivity index (χ3n) is 2.30. The first kappa shape index (κ1) is 15.1. The van der Waals surface area contributed by atoms with E-state index in [1.54, 1.807) is 19.1 Å². The monoisotopic (exact) mass is 286 g/mol. The second kappa shape index (κ2) is 6.84. The van der Waals surface area contributed by atoms with E-state index in [-0.39, 0.29) is 10.8 Å². The van der Waals surface area contributed by atoms with Crippen molar-refractivity contribution in [3.63, 3.8) is 0 Å². The maximum atomic E-state index is 11.3. The van der Waals surface area contributed by atoms with Crippen LogP contribution in [0.25, 0.3) is 0 Å². The van der Waals surface area contributed by atoms with Gasteiger partial charge in [0.1, 0.15) is 0 Å². The summed E-state index contributed by atoms with van der Waals surface area (Å²) in [5, 5.41) is 3.68. The number of carbonyl (C=O) groups excluding carboxylic acids is 1. The first-order chi connectivity index (χ1) is 9.03. The van der Waals surface area contributed by atoms with Gasteiger partial charge in [-0.15, -0.1) is 0 Å². The average molecular weight is 287 g/mol. The van der Waals surface area contributed by atoms with E-state index in [2.05, 4.69) is 9.84 Å². The third-order valence-corrected chi connectivity index (χ3v) is 2.58. The van der Waals surface area contributed by atoms with Crippen molar-refractivity contribution in [2.24, 2.45) is 10.9 Å². The number of hydrazone groups is 1. The predicted molar refractivity (Wildman–Crippen MR) is 71.9 cm³/mol. The van der Waals surface area contributed by atoms with Crippen LogP contribution in [-0.4, -0.2) is 32.5 Å². The van der Waals surface area contributed by atoms with Crippen molar-refractivity contribution in [2.45, 2.75) is 13.0 Å². The second-order valence-corrected chi connectivity index (χ2v) is 4.00. The Morgan fingerprint density at radius 3 is 2.68 bits per heavy atom. The Kier molecular flexibility index (Phi) is 5.44. The topological polar surface area (TPSA) is 83.1 Å². The van der Waals surface area contributed by atoms with Crippen LogP contribution in [0, 0.1) is 0 Å². The molecule has 6 nitrogen and oxygen atoms in total. The van der Waals surface area contributed by atoms with Gasteiger partial charge >= 0.3 is 5.97 Å². The lowest BCUT2D eigenvalue weighted by molar-refractivity contribution is -0.147. The summed E-state index contributed by atoms with van der Waals surface area (Å²) < 4.78 is 15.2. The summed E-state index contributed by atoms with van der Waals surface area (Å²) in [7, 11) is 2.74. The molecular formula is C12H15ClN2O4. The lowest BCUT2D eigenvalue weighted by atomic mass is 10.2. The molecule has 2 N–H and O–H groups in total. The SMILES string of the molecule is COC(=O)C(C)Oc1c(Cl)cc(C=NN)cc1OC. The van der Waals surface area contributed by atoms with Gasteiger partial charge in [0, 0.05) is 0 Å². The van der Waals surface area contributed by atoms with Crippen molar-refractivity contribution in [3.8, 4) is 11.5 Å². The van der Waals surface area contributed by atoms with Crippen molar-refractivity contribution in [3.05, 3.63) is 22.7 Å². The summed E-state index contributed by atoms with van der Waals surface area (Å²) in [5.41, 5.74) is 0.655. The van der Waals surface area contributed by atoms with Gasteiger partial charge in [0.05, 0.1) is 25.5 Å². The quantitative estimate of drug-likeness (QED) is 0.384. The summed E-state index contributed by atoms with van der Waals surface area (Å²) in [6, 6.07) is 3.24. The maximum Gasteiger partial charge on any atom is 0.346 e. The number of carbonyl (C=O) groups is 1. The molecule has 1 atom stereocenters. The number of benzene rings is 1. The fraction of sp³-hybridized carbons (Fsp3) is 0.333. The zero-order valence-electron chi connectivity index (χ0n) is 10.8. The zero-order chi connectivity index (χ0) is 14.4. The molecule has 1 unspecified atom stereocenters. The first-order valence-corrected chi connectivity index (χ1v) is 5.76. The Morgan fingerprint density at radius 2 is 2.16 bits per heavy atom. The molecule has 0 aliphatic carbocycles. The van der Waals surface area contributed by atoms with E-state index in [0.717, 1.165) is 0 Å².